The van der Waals surface area contributed by atoms with Crippen LogP contribution in [0.5, 0.6) is 0 Å². The molecule has 2 heterocycles. The standard InChI is InChI=1S/C25H20N4O2S/c26-20-8-4-7-17(13-20)18-9-10-19-15-29(24(31)21(19)14-18)22(16-5-2-1-3-6-16)23(30)28-25-27-11-12-32-25/h1-14,22H,15,26H2,(H,27,28,30). The monoisotopic (exact) mass is 440 g/mol. The van der Waals surface area contributed by atoms with Crippen LogP contribution in [0.1, 0.15) is 27.5 Å². The van der Waals surface area contributed by atoms with Gasteiger partial charge in [0.05, 0.1) is 0 Å². The molecule has 1 aromatic heterocycles. The van der Waals surface area contributed by atoms with E-state index < -0.39 is 6.04 Å². The molecule has 1 aliphatic rings. The molecule has 7 heteroatoms. The van der Waals surface area contributed by atoms with Gasteiger partial charge in [-0.2, -0.15) is 0 Å². The molecule has 1 unspecified atom stereocenters. The average molecular weight is 441 g/mol. The van der Waals surface area contributed by atoms with Crippen molar-refractivity contribution in [2.45, 2.75) is 12.6 Å². The summed E-state index contributed by atoms with van der Waals surface area (Å²) in [4.78, 5) is 32.5. The number of hydrogen-bond acceptors (Lipinski definition) is 5. The second kappa shape index (κ2) is 8.28. The molecular formula is C25H20N4O2S. The first-order valence-corrected chi connectivity index (χ1v) is 11.0. The van der Waals surface area contributed by atoms with Gasteiger partial charge in [0.15, 0.2) is 5.13 Å². The zero-order valence-corrected chi connectivity index (χ0v) is 17.9. The third-order valence-electron chi connectivity index (χ3n) is 5.50. The van der Waals surface area contributed by atoms with E-state index in [9.17, 15) is 9.59 Å². The summed E-state index contributed by atoms with van der Waals surface area (Å²) in [5, 5.41) is 5.15. The molecule has 3 N–H and O–H groups in total. The minimum atomic E-state index is -0.768. The number of fused-ring (bicyclic) bond motifs is 1. The van der Waals surface area contributed by atoms with Crippen LogP contribution < -0.4 is 11.1 Å². The molecule has 5 rings (SSSR count). The lowest BCUT2D eigenvalue weighted by Crippen LogP contribution is -2.37. The fourth-order valence-electron chi connectivity index (χ4n) is 4.00. The number of nitrogens with zero attached hydrogens (tertiary/aromatic N) is 2. The lowest BCUT2D eigenvalue weighted by atomic mass is 10.00. The lowest BCUT2D eigenvalue weighted by Gasteiger charge is -2.27. The number of aromatic nitrogens is 1. The quantitative estimate of drug-likeness (QED) is 0.439. The number of carbonyl (C=O) groups is 2. The molecule has 1 aliphatic heterocycles. The fraction of sp³-hybridized carbons (Fsp3) is 0.0800. The van der Waals surface area contributed by atoms with E-state index in [1.165, 1.54) is 11.3 Å². The molecule has 1 atom stereocenters. The van der Waals surface area contributed by atoms with Crippen molar-refractivity contribution in [3.63, 3.8) is 0 Å². The van der Waals surface area contributed by atoms with Gasteiger partial charge in [-0.3, -0.25) is 14.9 Å². The Labute approximate surface area is 189 Å². The van der Waals surface area contributed by atoms with Crippen molar-refractivity contribution in [1.29, 1.82) is 0 Å². The number of rotatable bonds is 5. The lowest BCUT2D eigenvalue weighted by molar-refractivity contribution is -0.120. The predicted molar refractivity (Wildman–Crippen MR) is 126 cm³/mol. The molecule has 6 nitrogen and oxygen atoms in total. The first-order valence-electron chi connectivity index (χ1n) is 10.2. The molecule has 158 valence electrons. The molecule has 0 saturated heterocycles. The Balaban J connectivity index is 1.49. The van der Waals surface area contributed by atoms with Crippen LogP contribution in [-0.4, -0.2) is 21.7 Å². The van der Waals surface area contributed by atoms with E-state index in [4.69, 9.17) is 5.73 Å². The fourth-order valence-corrected chi connectivity index (χ4v) is 4.53. The topological polar surface area (TPSA) is 88.3 Å². The van der Waals surface area contributed by atoms with Gasteiger partial charge >= 0.3 is 0 Å². The minimum Gasteiger partial charge on any atom is -0.399 e. The number of thiazole rings is 1. The largest absolute Gasteiger partial charge is 0.399 e. The van der Waals surface area contributed by atoms with E-state index in [2.05, 4.69) is 10.3 Å². The molecular weight excluding hydrogens is 420 g/mol. The molecule has 2 amide bonds. The summed E-state index contributed by atoms with van der Waals surface area (Å²) in [5.74, 6) is -0.461. The van der Waals surface area contributed by atoms with Crippen molar-refractivity contribution in [3.8, 4) is 11.1 Å². The Kier molecular flexibility index (Phi) is 5.17. The maximum atomic E-state index is 13.5. The smallest absolute Gasteiger partial charge is 0.255 e. The molecule has 32 heavy (non-hydrogen) atoms. The van der Waals surface area contributed by atoms with Crippen LogP contribution in [-0.2, 0) is 11.3 Å². The Morgan fingerprint density at radius 2 is 1.84 bits per heavy atom. The first kappa shape index (κ1) is 20.0. The van der Waals surface area contributed by atoms with Gasteiger partial charge in [-0.25, -0.2) is 4.98 Å². The van der Waals surface area contributed by atoms with Crippen molar-refractivity contribution in [2.24, 2.45) is 0 Å². The molecule has 0 fully saturated rings. The number of hydrogen-bond donors (Lipinski definition) is 2. The molecule has 4 aromatic rings. The first-order chi connectivity index (χ1) is 15.6. The van der Waals surface area contributed by atoms with E-state index in [0.717, 1.165) is 22.3 Å². The molecule has 0 spiro atoms. The van der Waals surface area contributed by atoms with Crippen LogP contribution in [0, 0.1) is 0 Å². The number of nitrogens with two attached hydrogens (primary N) is 1. The van der Waals surface area contributed by atoms with Crippen LogP contribution in [0.3, 0.4) is 0 Å². The Morgan fingerprint density at radius 3 is 2.59 bits per heavy atom. The Bertz CT molecular complexity index is 1290. The minimum absolute atomic E-state index is 0.172. The number of benzene rings is 3. The van der Waals surface area contributed by atoms with Gasteiger partial charge < -0.3 is 10.6 Å². The summed E-state index contributed by atoms with van der Waals surface area (Å²) < 4.78 is 0. The highest BCUT2D eigenvalue weighted by atomic mass is 32.1. The van der Waals surface area contributed by atoms with Crippen molar-refractivity contribution < 1.29 is 9.59 Å². The van der Waals surface area contributed by atoms with Gasteiger partial charge in [-0.05, 0) is 40.5 Å². The van der Waals surface area contributed by atoms with Gasteiger partial charge in [0.25, 0.3) is 11.8 Å². The Hall–Kier alpha value is -3.97. The second-order valence-corrected chi connectivity index (χ2v) is 8.46. The number of carbonyl (C=O) groups excluding carboxylic acids is 2. The van der Waals surface area contributed by atoms with Crippen molar-refractivity contribution in [3.05, 3.63) is 101 Å². The van der Waals surface area contributed by atoms with Crippen LogP contribution in [0.2, 0.25) is 0 Å². The summed E-state index contributed by atoms with van der Waals surface area (Å²) in [7, 11) is 0. The van der Waals surface area contributed by atoms with Crippen LogP contribution in [0.25, 0.3) is 11.1 Å². The van der Waals surface area contributed by atoms with E-state index >= 15 is 0 Å². The SMILES string of the molecule is Nc1cccc(-c2ccc3c(c2)C(=O)N(C(C(=O)Nc2nccs2)c2ccccc2)C3)c1. The van der Waals surface area contributed by atoms with Gasteiger partial charge in [-0.1, -0.05) is 54.6 Å². The van der Waals surface area contributed by atoms with Crippen LogP contribution in [0.4, 0.5) is 10.8 Å². The molecule has 3 aromatic carbocycles. The Morgan fingerprint density at radius 1 is 1.03 bits per heavy atom. The van der Waals surface area contributed by atoms with Crippen molar-refractivity contribution >= 4 is 34.0 Å². The summed E-state index contributed by atoms with van der Waals surface area (Å²) in [6, 6.07) is 22.0. The number of nitrogens with one attached hydrogen (secondary N) is 1. The average Bonchev–Trinajstić information content (AvgIpc) is 3.43. The van der Waals surface area contributed by atoms with E-state index in [1.807, 2.05) is 72.8 Å². The summed E-state index contributed by atoms with van der Waals surface area (Å²) in [6.07, 6.45) is 1.63. The zero-order chi connectivity index (χ0) is 22.1. The maximum absolute atomic E-state index is 13.5. The highest BCUT2D eigenvalue weighted by Crippen LogP contribution is 2.35. The van der Waals surface area contributed by atoms with E-state index in [1.54, 1.807) is 16.5 Å². The molecule has 0 radical (unpaired) electrons. The predicted octanol–water partition coefficient (Wildman–Crippen LogP) is 4.73. The van der Waals surface area contributed by atoms with Gasteiger partial charge in [0, 0.05) is 29.4 Å². The third kappa shape index (κ3) is 3.74. The van der Waals surface area contributed by atoms with E-state index in [-0.39, 0.29) is 11.8 Å². The number of amides is 2. The number of anilines is 2. The van der Waals surface area contributed by atoms with E-state index in [0.29, 0.717) is 22.9 Å². The summed E-state index contributed by atoms with van der Waals surface area (Å²) in [6.45, 7) is 0.357. The van der Waals surface area contributed by atoms with Crippen molar-refractivity contribution in [2.75, 3.05) is 11.1 Å². The molecule has 0 aliphatic carbocycles. The van der Waals surface area contributed by atoms with Gasteiger partial charge in [-0.15, -0.1) is 11.3 Å². The highest BCUT2D eigenvalue weighted by molar-refractivity contribution is 7.13. The van der Waals surface area contributed by atoms with Gasteiger partial charge in [0.2, 0.25) is 0 Å². The second-order valence-electron chi connectivity index (χ2n) is 7.57. The maximum Gasteiger partial charge on any atom is 0.255 e. The summed E-state index contributed by atoms with van der Waals surface area (Å²) in [5.41, 5.74) is 10.7. The van der Waals surface area contributed by atoms with Crippen LogP contribution >= 0.6 is 11.3 Å². The van der Waals surface area contributed by atoms with Crippen molar-refractivity contribution in [1.82, 2.24) is 9.88 Å². The third-order valence-corrected chi connectivity index (χ3v) is 6.19. The highest BCUT2D eigenvalue weighted by Gasteiger charge is 2.37. The molecule has 0 bridgehead atoms. The van der Waals surface area contributed by atoms with Gasteiger partial charge in [0.1, 0.15) is 6.04 Å². The zero-order valence-electron chi connectivity index (χ0n) is 17.1. The number of nitrogen functional groups attached to an aromatic ring is 1. The summed E-state index contributed by atoms with van der Waals surface area (Å²) >= 11 is 1.34. The van der Waals surface area contributed by atoms with Crippen LogP contribution in [0.15, 0.2) is 84.4 Å². The molecule has 0 saturated carbocycles. The normalized spacial score (nSPS) is 13.6.